The largest absolute Gasteiger partial charge is 0.346 e. The Kier molecular flexibility index (Phi) is 7.03. The molecular weight excluding hydrogens is 348 g/mol. The summed E-state index contributed by atoms with van der Waals surface area (Å²) in [6, 6.07) is 3.37. The predicted molar refractivity (Wildman–Crippen MR) is 97.0 cm³/mol. The highest BCUT2D eigenvalue weighted by Gasteiger charge is 2.23. The molecule has 6 nitrogen and oxygen atoms in total. The summed E-state index contributed by atoms with van der Waals surface area (Å²) in [4.78, 5) is 29.3. The van der Waals surface area contributed by atoms with E-state index in [9.17, 15) is 9.59 Å². The molecule has 2 heterocycles. The van der Waals surface area contributed by atoms with Crippen LogP contribution in [-0.4, -0.2) is 60.4 Å². The van der Waals surface area contributed by atoms with E-state index in [-0.39, 0.29) is 24.3 Å². The van der Waals surface area contributed by atoms with E-state index >= 15 is 0 Å². The third-order valence-electron chi connectivity index (χ3n) is 4.17. The molecule has 0 bridgehead atoms. The number of nitrogens with zero attached hydrogens (tertiary/aromatic N) is 2. The average molecular weight is 373 g/mol. The van der Waals surface area contributed by atoms with Crippen LogP contribution in [0.15, 0.2) is 12.1 Å². The number of halogens is 1. The van der Waals surface area contributed by atoms with Crippen molar-refractivity contribution in [3.8, 4) is 0 Å². The minimum absolute atomic E-state index is 0.0137. The smallest absolute Gasteiger partial charge is 0.242 e. The van der Waals surface area contributed by atoms with Gasteiger partial charge in [0.15, 0.2) is 0 Å². The molecule has 0 spiro atoms. The van der Waals surface area contributed by atoms with Crippen LogP contribution in [0.5, 0.6) is 0 Å². The van der Waals surface area contributed by atoms with Crippen LogP contribution in [0.2, 0.25) is 4.34 Å². The summed E-state index contributed by atoms with van der Waals surface area (Å²) in [7, 11) is 0. The Balaban J connectivity index is 1.71. The lowest BCUT2D eigenvalue weighted by molar-refractivity contribution is -0.134. The van der Waals surface area contributed by atoms with E-state index in [2.05, 4.69) is 10.2 Å². The highest BCUT2D eigenvalue weighted by Crippen LogP contribution is 2.23. The van der Waals surface area contributed by atoms with Gasteiger partial charge in [-0.15, -0.1) is 11.3 Å². The predicted octanol–water partition coefficient (Wildman–Crippen LogP) is 1.15. The molecule has 2 amide bonds. The molecule has 1 saturated heterocycles. The van der Waals surface area contributed by atoms with E-state index in [1.165, 1.54) is 4.88 Å². The maximum absolute atomic E-state index is 12.2. The lowest BCUT2D eigenvalue weighted by atomic mass is 10.1. The van der Waals surface area contributed by atoms with Gasteiger partial charge >= 0.3 is 0 Å². The number of piperazine rings is 1. The molecule has 3 N–H and O–H groups in total. The second-order valence-electron chi connectivity index (χ2n) is 6.35. The summed E-state index contributed by atoms with van der Waals surface area (Å²) in [6.07, 6.45) is 0. The minimum atomic E-state index is -0.577. The standard InChI is InChI=1S/C16H25ClN4O2S/c1-11(2)15(18)16(23)19-9-14(22)21-7-5-20(6-8-21)10-12-3-4-13(17)24-12/h3-4,11,15H,5-10,18H2,1-2H3,(H,19,23)/t15-/m0/s1. The SMILES string of the molecule is CC(C)[C@H](N)C(=O)NCC(=O)N1CCN(Cc2ccc(Cl)s2)CC1. The van der Waals surface area contributed by atoms with Crippen molar-refractivity contribution < 1.29 is 9.59 Å². The van der Waals surface area contributed by atoms with Gasteiger partial charge in [0.25, 0.3) is 0 Å². The van der Waals surface area contributed by atoms with E-state index < -0.39 is 6.04 Å². The van der Waals surface area contributed by atoms with E-state index in [0.29, 0.717) is 13.1 Å². The summed E-state index contributed by atoms with van der Waals surface area (Å²) in [5.41, 5.74) is 5.77. The van der Waals surface area contributed by atoms with Crippen LogP contribution in [0, 0.1) is 5.92 Å². The average Bonchev–Trinajstić information content (AvgIpc) is 2.97. The van der Waals surface area contributed by atoms with Crippen molar-refractivity contribution in [2.24, 2.45) is 11.7 Å². The normalized spacial score (nSPS) is 17.1. The zero-order valence-corrected chi connectivity index (χ0v) is 15.7. The Bertz CT molecular complexity index is 570. The van der Waals surface area contributed by atoms with E-state index in [1.807, 2.05) is 26.0 Å². The summed E-state index contributed by atoms with van der Waals surface area (Å²) in [5.74, 6) is -0.279. The van der Waals surface area contributed by atoms with Crippen LogP contribution in [0.25, 0.3) is 0 Å². The van der Waals surface area contributed by atoms with Gasteiger partial charge in [-0.3, -0.25) is 14.5 Å². The Hall–Kier alpha value is -1.15. The van der Waals surface area contributed by atoms with Gasteiger partial charge in [0.05, 0.1) is 16.9 Å². The topological polar surface area (TPSA) is 78.7 Å². The number of nitrogens with one attached hydrogen (secondary N) is 1. The molecule has 0 aromatic carbocycles. The fourth-order valence-electron chi connectivity index (χ4n) is 2.51. The molecule has 134 valence electrons. The number of rotatable bonds is 6. The number of hydrogen-bond acceptors (Lipinski definition) is 5. The van der Waals surface area contributed by atoms with Gasteiger partial charge in [0, 0.05) is 37.6 Å². The molecule has 1 aliphatic rings. The van der Waals surface area contributed by atoms with Crippen LogP contribution in [0.3, 0.4) is 0 Å². The van der Waals surface area contributed by atoms with Gasteiger partial charge in [-0.1, -0.05) is 25.4 Å². The van der Waals surface area contributed by atoms with E-state index in [1.54, 1.807) is 16.2 Å². The summed E-state index contributed by atoms with van der Waals surface area (Å²) in [5, 5.41) is 2.63. The van der Waals surface area contributed by atoms with Gasteiger partial charge in [-0.25, -0.2) is 0 Å². The van der Waals surface area contributed by atoms with Crippen molar-refractivity contribution in [1.29, 1.82) is 0 Å². The lowest BCUT2D eigenvalue weighted by Crippen LogP contribution is -2.52. The van der Waals surface area contributed by atoms with Gasteiger partial charge in [-0.2, -0.15) is 0 Å². The first-order valence-electron chi connectivity index (χ1n) is 8.14. The van der Waals surface area contributed by atoms with Crippen LogP contribution in [-0.2, 0) is 16.1 Å². The molecule has 1 aliphatic heterocycles. The molecule has 0 unspecified atom stereocenters. The Morgan fingerprint density at radius 1 is 1.29 bits per heavy atom. The number of amides is 2. The number of carbonyl (C=O) groups is 2. The van der Waals surface area contributed by atoms with Crippen LogP contribution in [0.1, 0.15) is 18.7 Å². The van der Waals surface area contributed by atoms with Gasteiger partial charge < -0.3 is 16.0 Å². The van der Waals surface area contributed by atoms with E-state index in [4.69, 9.17) is 17.3 Å². The molecule has 24 heavy (non-hydrogen) atoms. The van der Waals surface area contributed by atoms with Crippen molar-refractivity contribution in [1.82, 2.24) is 15.1 Å². The van der Waals surface area contributed by atoms with Gasteiger partial charge in [0.2, 0.25) is 11.8 Å². The third kappa shape index (κ3) is 5.44. The Morgan fingerprint density at radius 2 is 1.96 bits per heavy atom. The van der Waals surface area contributed by atoms with Crippen LogP contribution in [0.4, 0.5) is 0 Å². The maximum Gasteiger partial charge on any atom is 0.242 e. The van der Waals surface area contributed by atoms with Crippen molar-refractivity contribution in [3.05, 3.63) is 21.3 Å². The fourth-order valence-corrected chi connectivity index (χ4v) is 3.64. The van der Waals surface area contributed by atoms with Crippen LogP contribution >= 0.6 is 22.9 Å². The number of thiophene rings is 1. The molecule has 2 rings (SSSR count). The van der Waals surface area contributed by atoms with Crippen molar-refractivity contribution >= 4 is 34.8 Å². The fraction of sp³-hybridized carbons (Fsp3) is 0.625. The highest BCUT2D eigenvalue weighted by molar-refractivity contribution is 7.16. The first-order chi connectivity index (χ1) is 11.4. The molecule has 0 saturated carbocycles. The number of carbonyl (C=O) groups excluding carboxylic acids is 2. The van der Waals surface area contributed by atoms with Crippen molar-refractivity contribution in [3.63, 3.8) is 0 Å². The monoisotopic (exact) mass is 372 g/mol. The molecule has 1 fully saturated rings. The van der Waals surface area contributed by atoms with E-state index in [0.717, 1.165) is 24.0 Å². The zero-order chi connectivity index (χ0) is 17.7. The van der Waals surface area contributed by atoms with Gasteiger partial charge in [-0.05, 0) is 18.1 Å². The lowest BCUT2D eigenvalue weighted by Gasteiger charge is -2.34. The summed E-state index contributed by atoms with van der Waals surface area (Å²) >= 11 is 7.54. The zero-order valence-electron chi connectivity index (χ0n) is 14.1. The Labute approximate surface area is 151 Å². The third-order valence-corrected chi connectivity index (χ3v) is 5.38. The minimum Gasteiger partial charge on any atom is -0.346 e. The quantitative estimate of drug-likeness (QED) is 0.785. The second-order valence-corrected chi connectivity index (χ2v) is 8.15. The highest BCUT2D eigenvalue weighted by atomic mass is 35.5. The van der Waals surface area contributed by atoms with Crippen LogP contribution < -0.4 is 11.1 Å². The molecular formula is C16H25ClN4O2S. The molecule has 0 aliphatic carbocycles. The molecule has 1 aromatic heterocycles. The van der Waals surface area contributed by atoms with Crippen molar-refractivity contribution in [2.45, 2.75) is 26.4 Å². The first kappa shape index (κ1) is 19.2. The molecule has 0 radical (unpaired) electrons. The molecule has 8 heteroatoms. The molecule has 1 atom stereocenters. The Morgan fingerprint density at radius 3 is 2.50 bits per heavy atom. The summed E-state index contributed by atoms with van der Waals surface area (Å²) in [6.45, 7) is 7.62. The van der Waals surface area contributed by atoms with Crippen molar-refractivity contribution in [2.75, 3.05) is 32.7 Å². The maximum atomic E-state index is 12.2. The summed E-state index contributed by atoms with van der Waals surface area (Å²) < 4.78 is 0.800. The van der Waals surface area contributed by atoms with Gasteiger partial charge in [0.1, 0.15) is 0 Å². The molecule has 1 aromatic rings. The number of nitrogens with two attached hydrogens (primary N) is 1. The first-order valence-corrected chi connectivity index (χ1v) is 9.34. The second kappa shape index (κ2) is 8.80. The number of hydrogen-bond donors (Lipinski definition) is 2.